The molecule has 0 fully saturated rings. The van der Waals surface area contributed by atoms with E-state index in [9.17, 15) is 4.79 Å². The van der Waals surface area contributed by atoms with E-state index in [-0.39, 0.29) is 5.97 Å². The molecule has 0 saturated heterocycles. The van der Waals surface area contributed by atoms with Crippen LogP contribution < -0.4 is 0 Å². The van der Waals surface area contributed by atoms with Gasteiger partial charge in [-0.1, -0.05) is 0 Å². The number of hydrogen-bond acceptors (Lipinski definition) is 6. The first-order chi connectivity index (χ1) is 8.22. The highest BCUT2D eigenvalue weighted by atomic mass is 16.6. The molecule has 0 radical (unpaired) electrons. The second-order valence-corrected chi connectivity index (χ2v) is 3.25. The first-order valence-corrected chi connectivity index (χ1v) is 5.56. The smallest absolute Gasteiger partial charge is 0.334 e. The lowest BCUT2D eigenvalue weighted by atomic mass is 10.4. The highest BCUT2D eigenvalue weighted by Gasteiger charge is 2.12. The van der Waals surface area contributed by atoms with Crippen LogP contribution in [-0.2, 0) is 28.5 Å². The van der Waals surface area contributed by atoms with Crippen LogP contribution in [0.25, 0.3) is 0 Å². The van der Waals surface area contributed by atoms with Crippen molar-refractivity contribution in [3.8, 4) is 0 Å². The van der Waals surface area contributed by atoms with Crippen LogP contribution in [0.3, 0.4) is 0 Å². The molecule has 6 nitrogen and oxygen atoms in total. The molecular weight excluding hydrogens is 228 g/mol. The van der Waals surface area contributed by atoms with Gasteiger partial charge in [-0.25, -0.2) is 4.79 Å². The largest absolute Gasteiger partial charge is 0.467 e. The van der Waals surface area contributed by atoms with Crippen molar-refractivity contribution in [3.05, 3.63) is 0 Å². The molecule has 0 rings (SSSR count). The zero-order valence-corrected chi connectivity index (χ0v) is 10.8. The normalized spacial score (nSPS) is 12.4. The minimum Gasteiger partial charge on any atom is -0.467 e. The molecule has 102 valence electrons. The zero-order chi connectivity index (χ0) is 12.9. The predicted octanol–water partition coefficient (Wildman–Crippen LogP) is 0.244. The number of ether oxygens (including phenoxy) is 5. The summed E-state index contributed by atoms with van der Waals surface area (Å²) < 4.78 is 24.9. The van der Waals surface area contributed by atoms with Gasteiger partial charge in [-0.15, -0.1) is 0 Å². The minimum atomic E-state index is -0.554. The van der Waals surface area contributed by atoms with E-state index in [0.717, 1.165) is 0 Å². The van der Waals surface area contributed by atoms with Crippen molar-refractivity contribution < 1.29 is 28.5 Å². The maximum atomic E-state index is 11.0. The van der Waals surface area contributed by atoms with Crippen LogP contribution in [0.4, 0.5) is 0 Å². The van der Waals surface area contributed by atoms with E-state index >= 15 is 0 Å². The van der Waals surface area contributed by atoms with Crippen molar-refractivity contribution in [2.24, 2.45) is 0 Å². The number of rotatable bonds is 11. The van der Waals surface area contributed by atoms with Gasteiger partial charge in [0.05, 0.1) is 46.8 Å². The average molecular weight is 250 g/mol. The highest BCUT2D eigenvalue weighted by molar-refractivity contribution is 5.73. The molecule has 0 amide bonds. The van der Waals surface area contributed by atoms with E-state index in [2.05, 4.69) is 4.74 Å². The number of hydrogen-bond donors (Lipinski definition) is 0. The summed E-state index contributed by atoms with van der Waals surface area (Å²) in [5.74, 6) is -0.382. The number of carbonyl (C=O) groups excluding carboxylic acids is 1. The van der Waals surface area contributed by atoms with E-state index in [1.807, 2.05) is 0 Å². The topological polar surface area (TPSA) is 63.2 Å². The van der Waals surface area contributed by atoms with Crippen LogP contribution >= 0.6 is 0 Å². The van der Waals surface area contributed by atoms with E-state index in [0.29, 0.717) is 39.6 Å². The molecular formula is C11H22O6. The molecule has 17 heavy (non-hydrogen) atoms. The predicted molar refractivity (Wildman–Crippen MR) is 60.9 cm³/mol. The lowest BCUT2D eigenvalue weighted by molar-refractivity contribution is -0.153. The first kappa shape index (κ1) is 16.3. The molecule has 0 saturated carbocycles. The molecule has 1 atom stereocenters. The maximum absolute atomic E-state index is 11.0. The van der Waals surface area contributed by atoms with Crippen LogP contribution in [0.15, 0.2) is 0 Å². The highest BCUT2D eigenvalue weighted by Crippen LogP contribution is 1.93. The van der Waals surface area contributed by atoms with Crippen molar-refractivity contribution in [3.63, 3.8) is 0 Å². The Labute approximate surface area is 102 Å². The van der Waals surface area contributed by atoms with E-state index in [4.69, 9.17) is 18.9 Å². The SMILES string of the molecule is COCCOCCOCCO[C@H](C)C(=O)OC. The Kier molecular flexibility index (Phi) is 11.3. The van der Waals surface area contributed by atoms with Crippen LogP contribution in [-0.4, -0.2) is 65.9 Å². The second kappa shape index (κ2) is 11.8. The van der Waals surface area contributed by atoms with Gasteiger partial charge >= 0.3 is 5.97 Å². The number of carbonyl (C=O) groups is 1. The van der Waals surface area contributed by atoms with E-state index in [1.54, 1.807) is 14.0 Å². The summed E-state index contributed by atoms with van der Waals surface area (Å²) >= 11 is 0. The fourth-order valence-electron chi connectivity index (χ4n) is 0.982. The molecule has 0 aromatic heterocycles. The summed E-state index contributed by atoms with van der Waals surface area (Å²) in [5, 5.41) is 0. The first-order valence-electron chi connectivity index (χ1n) is 5.56. The fraction of sp³-hybridized carbons (Fsp3) is 0.909. The van der Waals surface area contributed by atoms with Gasteiger partial charge in [-0.3, -0.25) is 0 Å². The molecule has 0 heterocycles. The molecule has 0 aromatic rings. The molecule has 0 aliphatic carbocycles. The lowest BCUT2D eigenvalue weighted by Crippen LogP contribution is -2.24. The Hall–Kier alpha value is -0.690. The van der Waals surface area contributed by atoms with Gasteiger partial charge in [0, 0.05) is 7.11 Å². The Balaban J connectivity index is 3.15. The van der Waals surface area contributed by atoms with Gasteiger partial charge in [-0.05, 0) is 6.92 Å². The maximum Gasteiger partial charge on any atom is 0.334 e. The van der Waals surface area contributed by atoms with Gasteiger partial charge in [0.25, 0.3) is 0 Å². The van der Waals surface area contributed by atoms with Crippen molar-refractivity contribution >= 4 is 5.97 Å². The Morgan fingerprint density at radius 1 is 0.941 bits per heavy atom. The van der Waals surface area contributed by atoms with Gasteiger partial charge in [0.1, 0.15) is 0 Å². The summed E-state index contributed by atoms with van der Waals surface area (Å²) in [5.41, 5.74) is 0. The molecule has 0 spiro atoms. The van der Waals surface area contributed by atoms with Crippen molar-refractivity contribution in [2.45, 2.75) is 13.0 Å². The van der Waals surface area contributed by atoms with Crippen molar-refractivity contribution in [2.75, 3.05) is 53.9 Å². The average Bonchev–Trinajstić information content (AvgIpc) is 2.35. The van der Waals surface area contributed by atoms with Crippen LogP contribution in [0.1, 0.15) is 6.92 Å². The molecule has 0 bridgehead atoms. The van der Waals surface area contributed by atoms with Gasteiger partial charge in [0.2, 0.25) is 0 Å². The Bertz CT molecular complexity index is 185. The monoisotopic (exact) mass is 250 g/mol. The van der Waals surface area contributed by atoms with Crippen molar-refractivity contribution in [1.29, 1.82) is 0 Å². The summed E-state index contributed by atoms with van der Waals surface area (Å²) in [6.45, 7) is 4.59. The van der Waals surface area contributed by atoms with Gasteiger partial charge < -0.3 is 23.7 Å². The van der Waals surface area contributed by atoms with Crippen LogP contribution in [0.2, 0.25) is 0 Å². The standard InChI is InChI=1S/C11H22O6/c1-10(11(12)14-3)17-9-8-16-7-6-15-5-4-13-2/h10H,4-9H2,1-3H3/t10-/m1/s1. The third kappa shape index (κ3) is 10.2. The summed E-state index contributed by atoms with van der Waals surface area (Å²) in [4.78, 5) is 11.0. The quantitative estimate of drug-likeness (QED) is 0.387. The molecule has 6 heteroatoms. The molecule has 0 aliphatic rings. The lowest BCUT2D eigenvalue weighted by Gasteiger charge is -2.10. The van der Waals surface area contributed by atoms with Crippen molar-refractivity contribution in [1.82, 2.24) is 0 Å². The summed E-state index contributed by atoms with van der Waals surface area (Å²) in [6.07, 6.45) is -0.554. The fourth-order valence-corrected chi connectivity index (χ4v) is 0.982. The third-order valence-electron chi connectivity index (χ3n) is 1.93. The summed E-state index contributed by atoms with van der Waals surface area (Å²) in [6, 6.07) is 0. The summed E-state index contributed by atoms with van der Waals surface area (Å²) in [7, 11) is 2.95. The van der Waals surface area contributed by atoms with Gasteiger partial charge in [0.15, 0.2) is 6.10 Å². The molecule has 0 N–H and O–H groups in total. The number of esters is 1. The van der Waals surface area contributed by atoms with E-state index in [1.165, 1.54) is 7.11 Å². The number of methoxy groups -OCH3 is 2. The minimum absolute atomic E-state index is 0.355. The second-order valence-electron chi connectivity index (χ2n) is 3.25. The van der Waals surface area contributed by atoms with Crippen LogP contribution in [0.5, 0.6) is 0 Å². The zero-order valence-electron chi connectivity index (χ0n) is 10.8. The Morgan fingerprint density at radius 3 is 2.00 bits per heavy atom. The molecule has 0 aromatic carbocycles. The van der Waals surface area contributed by atoms with Gasteiger partial charge in [-0.2, -0.15) is 0 Å². The van der Waals surface area contributed by atoms with Crippen LogP contribution in [0, 0.1) is 0 Å². The molecule has 0 unspecified atom stereocenters. The third-order valence-corrected chi connectivity index (χ3v) is 1.93. The Morgan fingerprint density at radius 2 is 1.47 bits per heavy atom. The molecule has 0 aliphatic heterocycles. The van der Waals surface area contributed by atoms with E-state index < -0.39 is 6.10 Å².